The van der Waals surface area contributed by atoms with Crippen molar-refractivity contribution in [1.82, 2.24) is 0 Å². The van der Waals surface area contributed by atoms with Crippen LogP contribution >= 0.6 is 0 Å². The Balaban J connectivity index is 2.23. The van der Waals surface area contributed by atoms with Crippen LogP contribution in [0.4, 0.5) is 4.39 Å². The molecule has 0 aliphatic heterocycles. The number of oxime groups is 1. The van der Waals surface area contributed by atoms with Crippen molar-refractivity contribution in [1.29, 1.82) is 0 Å². The molecule has 0 amide bonds. The zero-order chi connectivity index (χ0) is 15.4. The van der Waals surface area contributed by atoms with Crippen LogP contribution in [-0.2, 0) is 6.61 Å². The molecule has 0 unspecified atom stereocenters. The van der Waals surface area contributed by atoms with Gasteiger partial charge in [-0.3, -0.25) is 0 Å². The standard InChI is InChI=1S/C16H17FN2O2/c1-10-5-3-8-14(11(10)2)21-9-12-6-4-7-13(15(12)17)16(18)19-20/h3-8,20H,9H2,1-2H3,(H2,18,19). The summed E-state index contributed by atoms with van der Waals surface area (Å²) < 4.78 is 19.9. The number of nitrogens with two attached hydrogens (primary N) is 1. The summed E-state index contributed by atoms with van der Waals surface area (Å²) in [5.74, 6) is -0.0946. The Kier molecular flexibility index (Phi) is 4.42. The Bertz CT molecular complexity index is 684. The van der Waals surface area contributed by atoms with Crippen molar-refractivity contribution >= 4 is 5.84 Å². The van der Waals surface area contributed by atoms with Gasteiger partial charge in [-0.2, -0.15) is 0 Å². The van der Waals surface area contributed by atoms with E-state index in [4.69, 9.17) is 15.7 Å². The van der Waals surface area contributed by atoms with Gasteiger partial charge in [-0.05, 0) is 37.1 Å². The molecular formula is C16H17FN2O2. The lowest BCUT2D eigenvalue weighted by molar-refractivity contribution is 0.297. The van der Waals surface area contributed by atoms with E-state index in [2.05, 4.69) is 5.16 Å². The normalized spacial score (nSPS) is 11.5. The molecule has 0 radical (unpaired) electrons. The van der Waals surface area contributed by atoms with Gasteiger partial charge in [-0.25, -0.2) is 4.39 Å². The largest absolute Gasteiger partial charge is 0.489 e. The fourth-order valence-corrected chi connectivity index (χ4v) is 1.98. The van der Waals surface area contributed by atoms with Gasteiger partial charge in [0, 0.05) is 5.56 Å². The maximum atomic E-state index is 14.2. The average Bonchev–Trinajstić information content (AvgIpc) is 2.49. The number of rotatable bonds is 4. The third-order valence-corrected chi connectivity index (χ3v) is 3.40. The Morgan fingerprint density at radius 3 is 2.67 bits per heavy atom. The van der Waals surface area contributed by atoms with Gasteiger partial charge >= 0.3 is 0 Å². The summed E-state index contributed by atoms with van der Waals surface area (Å²) in [6.07, 6.45) is 0. The van der Waals surface area contributed by atoms with Crippen LogP contribution in [0.1, 0.15) is 22.3 Å². The van der Waals surface area contributed by atoms with Gasteiger partial charge in [0.2, 0.25) is 0 Å². The Hall–Kier alpha value is -2.56. The molecule has 0 aromatic heterocycles. The number of benzene rings is 2. The maximum Gasteiger partial charge on any atom is 0.173 e. The lowest BCUT2D eigenvalue weighted by Crippen LogP contribution is -2.16. The first-order chi connectivity index (χ1) is 10.0. The van der Waals surface area contributed by atoms with Crippen molar-refractivity contribution in [2.75, 3.05) is 0 Å². The monoisotopic (exact) mass is 288 g/mol. The summed E-state index contributed by atoms with van der Waals surface area (Å²) in [6.45, 7) is 4.01. The summed E-state index contributed by atoms with van der Waals surface area (Å²) in [5.41, 5.74) is 7.97. The summed E-state index contributed by atoms with van der Waals surface area (Å²) in [6, 6.07) is 10.4. The van der Waals surface area contributed by atoms with E-state index in [0.717, 1.165) is 11.1 Å². The minimum absolute atomic E-state index is 0.0552. The van der Waals surface area contributed by atoms with E-state index in [9.17, 15) is 4.39 Å². The number of amidine groups is 1. The number of halogens is 1. The first-order valence-electron chi connectivity index (χ1n) is 6.49. The molecule has 0 fully saturated rings. The van der Waals surface area contributed by atoms with Crippen molar-refractivity contribution in [3.8, 4) is 5.75 Å². The number of hydrogen-bond donors (Lipinski definition) is 2. The Labute approximate surface area is 122 Å². The van der Waals surface area contributed by atoms with Gasteiger partial charge in [0.25, 0.3) is 0 Å². The van der Waals surface area contributed by atoms with Crippen LogP contribution < -0.4 is 10.5 Å². The number of nitrogens with zero attached hydrogens (tertiary/aromatic N) is 1. The molecule has 0 saturated carbocycles. The summed E-state index contributed by atoms with van der Waals surface area (Å²) >= 11 is 0. The van der Waals surface area contributed by atoms with Crippen LogP contribution in [0.3, 0.4) is 0 Å². The van der Waals surface area contributed by atoms with Crippen LogP contribution in [0.2, 0.25) is 0 Å². The predicted octanol–water partition coefficient (Wildman–Crippen LogP) is 3.12. The second-order valence-electron chi connectivity index (χ2n) is 4.75. The molecule has 2 aromatic carbocycles. The second-order valence-corrected chi connectivity index (χ2v) is 4.75. The van der Waals surface area contributed by atoms with Gasteiger partial charge in [-0.15, -0.1) is 0 Å². The lowest BCUT2D eigenvalue weighted by Gasteiger charge is -2.12. The van der Waals surface area contributed by atoms with E-state index in [-0.39, 0.29) is 18.0 Å². The minimum Gasteiger partial charge on any atom is -0.489 e. The number of aryl methyl sites for hydroxylation is 1. The van der Waals surface area contributed by atoms with Crippen molar-refractivity contribution < 1.29 is 14.3 Å². The molecule has 5 heteroatoms. The molecule has 0 bridgehead atoms. The fourth-order valence-electron chi connectivity index (χ4n) is 1.98. The molecule has 0 aliphatic carbocycles. The van der Waals surface area contributed by atoms with Crippen LogP contribution in [-0.4, -0.2) is 11.0 Å². The lowest BCUT2D eigenvalue weighted by atomic mass is 10.1. The molecule has 2 rings (SSSR count). The highest BCUT2D eigenvalue weighted by atomic mass is 19.1. The number of hydrogen-bond acceptors (Lipinski definition) is 3. The van der Waals surface area contributed by atoms with Gasteiger partial charge in [-0.1, -0.05) is 29.4 Å². The second kappa shape index (κ2) is 6.26. The third-order valence-electron chi connectivity index (χ3n) is 3.40. The first kappa shape index (κ1) is 14.8. The molecule has 0 atom stereocenters. The van der Waals surface area contributed by atoms with Gasteiger partial charge in [0.1, 0.15) is 18.2 Å². The minimum atomic E-state index is -0.543. The maximum absolute atomic E-state index is 14.2. The smallest absolute Gasteiger partial charge is 0.173 e. The molecule has 3 N–H and O–H groups in total. The molecule has 0 aliphatic rings. The highest BCUT2D eigenvalue weighted by Gasteiger charge is 2.12. The van der Waals surface area contributed by atoms with Gasteiger partial charge in [0.15, 0.2) is 5.84 Å². The molecule has 0 heterocycles. The predicted molar refractivity (Wildman–Crippen MR) is 79.2 cm³/mol. The molecular weight excluding hydrogens is 271 g/mol. The molecule has 0 spiro atoms. The zero-order valence-electron chi connectivity index (χ0n) is 11.9. The van der Waals surface area contributed by atoms with Gasteiger partial charge < -0.3 is 15.7 Å². The Morgan fingerprint density at radius 1 is 1.24 bits per heavy atom. The topological polar surface area (TPSA) is 67.8 Å². The number of ether oxygens (including phenoxy) is 1. The molecule has 4 nitrogen and oxygen atoms in total. The van der Waals surface area contributed by atoms with Crippen LogP contribution in [0.5, 0.6) is 5.75 Å². The van der Waals surface area contributed by atoms with E-state index in [1.54, 1.807) is 12.1 Å². The fraction of sp³-hybridized carbons (Fsp3) is 0.188. The summed E-state index contributed by atoms with van der Waals surface area (Å²) in [7, 11) is 0. The quantitative estimate of drug-likeness (QED) is 0.393. The van der Waals surface area contributed by atoms with E-state index in [0.29, 0.717) is 11.3 Å². The SMILES string of the molecule is Cc1cccc(OCc2cccc(/C(N)=N/O)c2F)c1C. The highest BCUT2D eigenvalue weighted by molar-refractivity contribution is 5.97. The van der Waals surface area contributed by atoms with E-state index in [1.807, 2.05) is 32.0 Å². The van der Waals surface area contributed by atoms with Crippen LogP contribution in [0, 0.1) is 19.7 Å². The van der Waals surface area contributed by atoms with Crippen molar-refractivity contribution in [2.24, 2.45) is 10.9 Å². The average molecular weight is 288 g/mol. The first-order valence-corrected chi connectivity index (χ1v) is 6.49. The van der Waals surface area contributed by atoms with E-state index in [1.165, 1.54) is 6.07 Å². The molecule has 110 valence electrons. The van der Waals surface area contributed by atoms with E-state index >= 15 is 0 Å². The third kappa shape index (κ3) is 3.13. The van der Waals surface area contributed by atoms with Crippen molar-refractivity contribution in [3.63, 3.8) is 0 Å². The zero-order valence-corrected chi connectivity index (χ0v) is 11.9. The molecule has 2 aromatic rings. The summed E-state index contributed by atoms with van der Waals surface area (Å²) in [4.78, 5) is 0. The summed E-state index contributed by atoms with van der Waals surface area (Å²) in [5, 5.41) is 11.5. The van der Waals surface area contributed by atoms with E-state index < -0.39 is 5.82 Å². The Morgan fingerprint density at radius 2 is 1.95 bits per heavy atom. The van der Waals surface area contributed by atoms with Crippen LogP contribution in [0.25, 0.3) is 0 Å². The van der Waals surface area contributed by atoms with Crippen molar-refractivity contribution in [2.45, 2.75) is 20.5 Å². The highest BCUT2D eigenvalue weighted by Crippen LogP contribution is 2.22. The van der Waals surface area contributed by atoms with Crippen molar-refractivity contribution in [3.05, 3.63) is 64.5 Å². The van der Waals surface area contributed by atoms with Gasteiger partial charge in [0.05, 0.1) is 5.56 Å². The molecule has 21 heavy (non-hydrogen) atoms. The molecule has 0 saturated heterocycles. The van der Waals surface area contributed by atoms with Crippen LogP contribution in [0.15, 0.2) is 41.6 Å².